The van der Waals surface area contributed by atoms with Crippen LogP contribution in [0.25, 0.3) is 28.2 Å². The maximum Gasteiger partial charge on any atom is 0.227 e. The molecule has 35 heavy (non-hydrogen) atoms. The van der Waals surface area contributed by atoms with Crippen LogP contribution in [0.15, 0.2) is 60.9 Å². The number of para-hydroxylation sites is 1. The van der Waals surface area contributed by atoms with Crippen molar-refractivity contribution in [1.29, 1.82) is 0 Å². The zero-order chi connectivity index (χ0) is 24.4. The molecule has 2 aromatic carbocycles. The van der Waals surface area contributed by atoms with Gasteiger partial charge in [-0.2, -0.15) is 0 Å². The summed E-state index contributed by atoms with van der Waals surface area (Å²) in [5.74, 6) is 1.24. The molecule has 4 N–H and O–H groups in total. The Labute approximate surface area is 205 Å². The summed E-state index contributed by atoms with van der Waals surface area (Å²) < 4.78 is 5.76. The van der Waals surface area contributed by atoms with Gasteiger partial charge >= 0.3 is 0 Å². The van der Waals surface area contributed by atoms with Gasteiger partial charge in [-0.1, -0.05) is 30.4 Å². The lowest BCUT2D eigenvalue weighted by Gasteiger charge is -2.45. The number of ether oxygens (including phenoxy) is 1. The molecule has 1 aliphatic rings. The Morgan fingerprint density at radius 2 is 2.06 bits per heavy atom. The average Bonchev–Trinajstić information content (AvgIpc) is 3.27. The monoisotopic (exact) mass is 469 g/mol. The molecule has 0 spiro atoms. The molecule has 0 unspecified atom stereocenters. The molecule has 8 heteroatoms. The Morgan fingerprint density at radius 1 is 1.23 bits per heavy atom. The van der Waals surface area contributed by atoms with E-state index in [-0.39, 0.29) is 0 Å². The Kier molecular flexibility index (Phi) is 6.39. The highest BCUT2D eigenvalue weighted by atomic mass is 16.5. The molecule has 0 bridgehead atoms. The van der Waals surface area contributed by atoms with Crippen LogP contribution in [0.4, 0.5) is 17.3 Å². The third kappa shape index (κ3) is 4.58. The van der Waals surface area contributed by atoms with Crippen LogP contribution < -0.4 is 20.7 Å². The van der Waals surface area contributed by atoms with Crippen molar-refractivity contribution in [3.05, 3.63) is 66.5 Å². The number of nitrogens with one attached hydrogen (secondary N) is 2. The molecule has 0 amide bonds. The molecule has 4 aromatic rings. The second kappa shape index (κ2) is 9.77. The Balaban J connectivity index is 1.47. The zero-order valence-corrected chi connectivity index (χ0v) is 20.3. The zero-order valence-electron chi connectivity index (χ0n) is 20.3. The van der Waals surface area contributed by atoms with Crippen molar-refractivity contribution in [1.82, 2.24) is 19.9 Å². The van der Waals surface area contributed by atoms with Crippen molar-refractivity contribution >= 4 is 34.3 Å². The van der Waals surface area contributed by atoms with Gasteiger partial charge in [0.1, 0.15) is 5.75 Å². The number of anilines is 3. The lowest BCUT2D eigenvalue weighted by Crippen LogP contribution is -2.57. The molecule has 5 rings (SSSR count). The molecular formula is C27H31N7O. The highest BCUT2D eigenvalue weighted by Crippen LogP contribution is 2.38. The second-order valence-corrected chi connectivity index (χ2v) is 8.91. The van der Waals surface area contributed by atoms with Gasteiger partial charge in [0, 0.05) is 66.3 Å². The van der Waals surface area contributed by atoms with Gasteiger partial charge in [0.2, 0.25) is 5.95 Å². The highest BCUT2D eigenvalue weighted by Gasteiger charge is 2.30. The van der Waals surface area contributed by atoms with Gasteiger partial charge in [-0.25, -0.2) is 9.97 Å². The number of nitrogens with two attached hydrogens (primary N) is 1. The highest BCUT2D eigenvalue weighted by molar-refractivity contribution is 5.94. The SMILES string of the molecule is COc1cc(N2CC(N(C)C)C2)c(C=CCN)cc1Nc1nccc(-c2c[nH]c3ccccc23)n1. The topological polar surface area (TPSA) is 95.3 Å². The second-order valence-electron chi connectivity index (χ2n) is 8.91. The van der Waals surface area contributed by atoms with E-state index in [9.17, 15) is 0 Å². The van der Waals surface area contributed by atoms with Crippen LogP contribution in [0.5, 0.6) is 5.75 Å². The molecule has 1 saturated heterocycles. The fourth-order valence-electron chi connectivity index (χ4n) is 4.41. The quantitative estimate of drug-likeness (QED) is 0.358. The molecule has 1 aliphatic heterocycles. The molecule has 0 atom stereocenters. The first-order valence-electron chi connectivity index (χ1n) is 11.7. The fraction of sp³-hybridized carbons (Fsp3) is 0.259. The van der Waals surface area contributed by atoms with Gasteiger partial charge in [0.25, 0.3) is 0 Å². The van der Waals surface area contributed by atoms with Crippen molar-refractivity contribution in [2.45, 2.75) is 6.04 Å². The molecule has 0 radical (unpaired) electrons. The Bertz CT molecular complexity index is 1350. The number of methoxy groups -OCH3 is 1. The van der Waals surface area contributed by atoms with Crippen molar-refractivity contribution in [2.24, 2.45) is 5.73 Å². The van der Waals surface area contributed by atoms with Crippen molar-refractivity contribution in [3.63, 3.8) is 0 Å². The third-order valence-corrected chi connectivity index (χ3v) is 6.48. The molecule has 180 valence electrons. The smallest absolute Gasteiger partial charge is 0.227 e. The summed E-state index contributed by atoms with van der Waals surface area (Å²) >= 11 is 0. The lowest BCUT2D eigenvalue weighted by atomic mass is 10.0. The molecule has 0 saturated carbocycles. The first-order chi connectivity index (χ1) is 17.1. The minimum absolute atomic E-state index is 0.477. The minimum atomic E-state index is 0.477. The molecule has 1 fully saturated rings. The Morgan fingerprint density at radius 3 is 2.83 bits per heavy atom. The number of nitrogens with zero attached hydrogens (tertiary/aromatic N) is 4. The number of rotatable bonds is 8. The van der Waals surface area contributed by atoms with E-state index in [1.165, 1.54) is 0 Å². The summed E-state index contributed by atoms with van der Waals surface area (Å²) in [7, 11) is 5.92. The van der Waals surface area contributed by atoms with Crippen LogP contribution in [0.2, 0.25) is 0 Å². The van der Waals surface area contributed by atoms with E-state index in [0.29, 0.717) is 18.5 Å². The van der Waals surface area contributed by atoms with Crippen LogP contribution in [0.1, 0.15) is 5.56 Å². The van der Waals surface area contributed by atoms with Crippen molar-refractivity contribution in [3.8, 4) is 17.0 Å². The maximum atomic E-state index is 5.76. The van der Waals surface area contributed by atoms with Crippen molar-refractivity contribution in [2.75, 3.05) is 51.1 Å². The van der Waals surface area contributed by atoms with Crippen LogP contribution in [-0.4, -0.2) is 66.7 Å². The van der Waals surface area contributed by atoms with Crippen LogP contribution in [0.3, 0.4) is 0 Å². The minimum Gasteiger partial charge on any atom is -0.494 e. The van der Waals surface area contributed by atoms with Crippen LogP contribution >= 0.6 is 0 Å². The van der Waals surface area contributed by atoms with E-state index in [1.807, 2.05) is 30.5 Å². The number of aromatic amines is 1. The lowest BCUT2D eigenvalue weighted by molar-refractivity contribution is 0.247. The molecule has 3 heterocycles. The summed E-state index contributed by atoms with van der Waals surface area (Å²) in [5.41, 5.74) is 11.7. The summed E-state index contributed by atoms with van der Waals surface area (Å²) in [6.07, 6.45) is 7.78. The summed E-state index contributed by atoms with van der Waals surface area (Å²) in [5, 5.41) is 4.49. The van der Waals surface area contributed by atoms with Gasteiger partial charge in [-0.15, -0.1) is 0 Å². The summed E-state index contributed by atoms with van der Waals surface area (Å²) in [4.78, 5) is 17.2. The molecule has 2 aromatic heterocycles. The van der Waals surface area contributed by atoms with Crippen molar-refractivity contribution < 1.29 is 4.74 Å². The van der Waals surface area contributed by atoms with Gasteiger partial charge in [-0.05, 0) is 37.9 Å². The number of fused-ring (bicyclic) bond motifs is 1. The number of hydrogen-bond donors (Lipinski definition) is 3. The number of aromatic nitrogens is 3. The third-order valence-electron chi connectivity index (χ3n) is 6.48. The van der Waals surface area contributed by atoms with E-state index >= 15 is 0 Å². The number of hydrogen-bond acceptors (Lipinski definition) is 7. The van der Waals surface area contributed by atoms with Gasteiger partial charge in [0.15, 0.2) is 0 Å². The normalized spacial score (nSPS) is 14.1. The number of likely N-dealkylation sites (N-methyl/N-ethyl adjacent to an activating group) is 1. The van der Waals surface area contributed by atoms with Crippen LogP contribution in [0, 0.1) is 0 Å². The average molecular weight is 470 g/mol. The largest absolute Gasteiger partial charge is 0.494 e. The fourth-order valence-corrected chi connectivity index (χ4v) is 4.41. The first-order valence-corrected chi connectivity index (χ1v) is 11.7. The molecular weight excluding hydrogens is 438 g/mol. The van der Waals surface area contributed by atoms with E-state index < -0.39 is 0 Å². The van der Waals surface area contributed by atoms with E-state index in [4.69, 9.17) is 15.5 Å². The number of benzene rings is 2. The Hall–Kier alpha value is -3.88. The standard InChI is InChI=1S/C27H31N7O/c1-33(2)19-16-34(17-19)25-14-26(35-3)24(13-18(25)7-6-11-28)32-27-29-12-10-23(31-27)21-15-30-22-9-5-4-8-20(21)22/h4-10,12-15,19,30H,11,16-17,28H2,1-3H3,(H,29,31,32). The summed E-state index contributed by atoms with van der Waals surface area (Å²) in [6.45, 7) is 2.43. The van der Waals surface area contributed by atoms with E-state index in [1.54, 1.807) is 13.3 Å². The number of H-pyrrole nitrogens is 1. The van der Waals surface area contributed by atoms with E-state index in [2.05, 4.69) is 69.5 Å². The molecule has 8 nitrogen and oxygen atoms in total. The van der Waals surface area contributed by atoms with Gasteiger partial charge in [-0.3, -0.25) is 0 Å². The van der Waals surface area contributed by atoms with Crippen LogP contribution in [-0.2, 0) is 0 Å². The predicted octanol–water partition coefficient (Wildman–Crippen LogP) is 4.10. The van der Waals surface area contributed by atoms with Gasteiger partial charge in [0.05, 0.1) is 18.5 Å². The van der Waals surface area contributed by atoms with E-state index in [0.717, 1.165) is 57.9 Å². The first kappa shape index (κ1) is 22.9. The maximum absolute atomic E-state index is 5.76. The molecule has 0 aliphatic carbocycles. The predicted molar refractivity (Wildman–Crippen MR) is 143 cm³/mol. The van der Waals surface area contributed by atoms with Gasteiger partial charge < -0.3 is 30.6 Å². The summed E-state index contributed by atoms with van der Waals surface area (Å²) in [6, 6.07) is 14.8.